The highest BCUT2D eigenvalue weighted by molar-refractivity contribution is 6.25. The molecule has 16 nitrogen and oxygen atoms in total. The van der Waals surface area contributed by atoms with E-state index in [-0.39, 0.29) is 67.0 Å². The van der Waals surface area contributed by atoms with E-state index in [9.17, 15) is 38.7 Å². The number of carboxylic acid groups (broad SMARTS) is 1. The molecule has 0 saturated carbocycles. The Morgan fingerprint density at radius 1 is 0.947 bits per heavy atom. The first-order chi connectivity index (χ1) is 27.4. The molecule has 0 bridgehead atoms. The molecule has 0 spiro atoms. The highest BCUT2D eigenvalue weighted by Gasteiger charge is 2.45. The lowest BCUT2D eigenvalue weighted by Gasteiger charge is -2.35. The molecule has 3 aliphatic heterocycles. The summed E-state index contributed by atoms with van der Waals surface area (Å²) in [7, 11) is 0. The van der Waals surface area contributed by atoms with Gasteiger partial charge in [-0.2, -0.15) is 0 Å². The van der Waals surface area contributed by atoms with E-state index in [4.69, 9.17) is 9.15 Å². The second-order valence-electron chi connectivity index (χ2n) is 14.2. The number of aryl methyl sites for hydroxylation is 1. The summed E-state index contributed by atoms with van der Waals surface area (Å²) in [4.78, 5) is 93.2. The fourth-order valence-electron chi connectivity index (χ4n) is 7.52. The van der Waals surface area contributed by atoms with Crippen LogP contribution in [-0.2, 0) is 19.1 Å². The number of ether oxygens (including phenoxy) is 1. The van der Waals surface area contributed by atoms with Gasteiger partial charge in [0.1, 0.15) is 11.6 Å². The van der Waals surface area contributed by atoms with Crippen LogP contribution in [0.15, 0.2) is 69.9 Å². The van der Waals surface area contributed by atoms with E-state index in [1.807, 2.05) is 24.8 Å². The lowest BCUT2D eigenvalue weighted by Crippen LogP contribution is -2.54. The number of fused-ring (bicyclic) bond motifs is 2. The normalized spacial score (nSPS) is 17.4. The number of carbonyl (C=O) groups excluding carboxylic acids is 5. The summed E-state index contributed by atoms with van der Waals surface area (Å²) in [6.07, 6.45) is 0.252. The van der Waals surface area contributed by atoms with Crippen LogP contribution in [0.25, 0.3) is 11.0 Å². The molecule has 0 radical (unpaired) electrons. The molecule has 2 saturated heterocycles. The number of nitrogens with one attached hydrogen (secondary N) is 3. The van der Waals surface area contributed by atoms with Crippen LogP contribution in [0.5, 0.6) is 0 Å². The minimum atomic E-state index is -1.06. The maximum Gasteiger partial charge on any atom is 0.337 e. The molecule has 7 rings (SSSR count). The number of anilines is 3. The summed E-state index contributed by atoms with van der Waals surface area (Å²) in [6, 6.07) is 15.1. The molecule has 1 aromatic heterocycles. The maximum atomic E-state index is 13.4. The maximum absolute atomic E-state index is 13.4. The number of nitrogens with zero attached hydrogens (tertiary/aromatic N) is 3. The average molecular weight is 779 g/mol. The summed E-state index contributed by atoms with van der Waals surface area (Å²) >= 11 is 0. The third-order valence-corrected chi connectivity index (χ3v) is 10.4. The van der Waals surface area contributed by atoms with Gasteiger partial charge in [-0.25, -0.2) is 4.79 Å². The van der Waals surface area contributed by atoms with Crippen LogP contribution < -0.4 is 26.3 Å². The summed E-state index contributed by atoms with van der Waals surface area (Å²) in [5.74, 6) is -3.06. The van der Waals surface area contributed by atoms with E-state index < -0.39 is 41.7 Å². The van der Waals surface area contributed by atoms with Gasteiger partial charge in [-0.1, -0.05) is 24.3 Å². The molecule has 16 heteroatoms. The fraction of sp³-hybridized carbons (Fsp3) is 0.341. The molecule has 3 aliphatic rings. The zero-order valence-electron chi connectivity index (χ0n) is 31.5. The third kappa shape index (κ3) is 7.94. The van der Waals surface area contributed by atoms with E-state index >= 15 is 0 Å². The van der Waals surface area contributed by atoms with Crippen LogP contribution in [0.2, 0.25) is 0 Å². The van der Waals surface area contributed by atoms with Gasteiger partial charge in [-0.3, -0.25) is 39.0 Å². The smallest absolute Gasteiger partial charge is 0.337 e. The van der Waals surface area contributed by atoms with Crippen molar-refractivity contribution in [3.05, 3.63) is 98.7 Å². The quantitative estimate of drug-likeness (QED) is 0.113. The lowest BCUT2D eigenvalue weighted by molar-refractivity contribution is -0.136. The number of para-hydroxylation sites is 1. The van der Waals surface area contributed by atoms with Gasteiger partial charge in [0.2, 0.25) is 17.7 Å². The number of piperidine rings is 1. The Morgan fingerprint density at radius 3 is 2.46 bits per heavy atom. The predicted molar refractivity (Wildman–Crippen MR) is 208 cm³/mol. The Labute approximate surface area is 326 Å². The van der Waals surface area contributed by atoms with E-state index in [1.54, 1.807) is 41.3 Å². The molecule has 4 heterocycles. The largest absolute Gasteiger partial charge is 0.478 e. The second kappa shape index (κ2) is 16.3. The topological polar surface area (TPSA) is 208 Å². The van der Waals surface area contributed by atoms with Crippen molar-refractivity contribution in [2.24, 2.45) is 0 Å². The predicted octanol–water partition coefficient (Wildman–Crippen LogP) is 3.54. The van der Waals surface area contributed by atoms with Crippen LogP contribution in [-0.4, -0.2) is 102 Å². The van der Waals surface area contributed by atoms with Gasteiger partial charge < -0.3 is 34.7 Å². The molecular formula is C41H42N6O10. The van der Waals surface area contributed by atoms with E-state index in [0.717, 1.165) is 10.5 Å². The van der Waals surface area contributed by atoms with Gasteiger partial charge in [0.15, 0.2) is 11.3 Å². The molecule has 1 unspecified atom stereocenters. The fourth-order valence-corrected chi connectivity index (χ4v) is 7.52. The first kappa shape index (κ1) is 38.7. The van der Waals surface area contributed by atoms with Gasteiger partial charge in [0, 0.05) is 62.1 Å². The summed E-state index contributed by atoms with van der Waals surface area (Å²) in [6.45, 7) is 6.13. The first-order valence-electron chi connectivity index (χ1n) is 18.8. The van der Waals surface area contributed by atoms with Crippen LogP contribution in [0.4, 0.5) is 17.3 Å². The van der Waals surface area contributed by atoms with Gasteiger partial charge in [0.05, 0.1) is 47.8 Å². The molecule has 2 atom stereocenters. The Kier molecular flexibility index (Phi) is 11.1. The molecule has 4 aromatic rings. The summed E-state index contributed by atoms with van der Waals surface area (Å²) in [5, 5.41) is 18.7. The molecule has 5 amide bonds. The summed E-state index contributed by atoms with van der Waals surface area (Å²) in [5.41, 5.74) is 3.10. The zero-order valence-corrected chi connectivity index (χ0v) is 31.5. The Morgan fingerprint density at radius 2 is 1.70 bits per heavy atom. The van der Waals surface area contributed by atoms with Gasteiger partial charge in [0.25, 0.3) is 11.8 Å². The van der Waals surface area contributed by atoms with Crippen molar-refractivity contribution < 1.29 is 43.0 Å². The Bertz CT molecular complexity index is 2350. The van der Waals surface area contributed by atoms with Gasteiger partial charge in [-0.15, -0.1) is 0 Å². The van der Waals surface area contributed by atoms with Crippen molar-refractivity contribution in [1.29, 1.82) is 0 Å². The monoisotopic (exact) mass is 778 g/mol. The molecule has 0 aliphatic carbocycles. The van der Waals surface area contributed by atoms with Crippen molar-refractivity contribution in [3.63, 3.8) is 0 Å². The lowest BCUT2D eigenvalue weighted by atomic mass is 10.0. The number of hydrogen-bond acceptors (Lipinski definition) is 12. The number of carbonyl (C=O) groups is 6. The molecule has 57 heavy (non-hydrogen) atoms. The van der Waals surface area contributed by atoms with Crippen LogP contribution in [0.1, 0.15) is 74.4 Å². The van der Waals surface area contributed by atoms with Gasteiger partial charge in [-0.05, 0) is 56.2 Å². The van der Waals surface area contributed by atoms with E-state index in [2.05, 4.69) is 16.0 Å². The number of aromatic carboxylic acids is 1. The van der Waals surface area contributed by atoms with E-state index in [0.29, 0.717) is 60.0 Å². The molecule has 4 N–H and O–H groups in total. The number of benzene rings is 3. The number of imide groups is 2. The Hall–Kier alpha value is -6.55. The third-order valence-electron chi connectivity index (χ3n) is 10.4. The van der Waals surface area contributed by atoms with Gasteiger partial charge >= 0.3 is 5.97 Å². The van der Waals surface area contributed by atoms with E-state index in [1.165, 1.54) is 18.2 Å². The number of hydrogen-bond donors (Lipinski definition) is 4. The number of piperazine rings is 1. The standard InChI is InChI=1S/C41H42N6O10/c1-23-20-27(24(2)43-29-8-4-3-6-25(29)41(54)55)37-28(21-23)32(48)22-35(57-37)46-16-14-45(15-17-46)34(50)12-18-56-19-13-42-30-9-5-7-26-36(30)40(53)47(39(26)52)31-10-11-33(49)44-38(31)51/h3-9,20-22,24,31,42-43H,10-19H2,1-2H3,(H,54,55)(H,44,49,51)/t24-,31?/m0/s1. The van der Waals surface area contributed by atoms with Crippen molar-refractivity contribution in [2.45, 2.75) is 45.2 Å². The number of rotatable bonds is 13. The molecule has 3 aromatic carbocycles. The van der Waals surface area contributed by atoms with Crippen molar-refractivity contribution in [3.8, 4) is 0 Å². The van der Waals surface area contributed by atoms with Crippen LogP contribution in [0, 0.1) is 6.92 Å². The molecule has 2 fully saturated rings. The highest BCUT2D eigenvalue weighted by atomic mass is 16.5. The number of carboxylic acids is 1. The van der Waals surface area contributed by atoms with Crippen molar-refractivity contribution in [1.82, 2.24) is 15.1 Å². The number of amides is 5. The first-order valence-corrected chi connectivity index (χ1v) is 18.8. The highest BCUT2D eigenvalue weighted by Crippen LogP contribution is 2.33. The summed E-state index contributed by atoms with van der Waals surface area (Å²) < 4.78 is 12.1. The average Bonchev–Trinajstić information content (AvgIpc) is 3.45. The second-order valence-corrected chi connectivity index (χ2v) is 14.2. The molecule has 296 valence electrons. The SMILES string of the molecule is Cc1cc([C@H](C)Nc2ccccc2C(=O)O)c2oc(N3CCN(C(=O)CCOCCNc4cccc5c4C(=O)N(C4CCC(=O)NC4=O)C5=O)CC3)cc(=O)c2c1. The Balaban J connectivity index is 0.902. The minimum absolute atomic E-state index is 0.0333. The van der Waals surface area contributed by atoms with Crippen molar-refractivity contribution >= 4 is 63.7 Å². The molecular weight excluding hydrogens is 736 g/mol. The van der Waals surface area contributed by atoms with Crippen LogP contribution in [0.3, 0.4) is 0 Å². The van der Waals surface area contributed by atoms with Crippen LogP contribution >= 0.6 is 0 Å². The van der Waals surface area contributed by atoms with Crippen molar-refractivity contribution in [2.75, 3.05) is 61.5 Å². The minimum Gasteiger partial charge on any atom is -0.478 e. The zero-order chi connectivity index (χ0) is 40.4.